The van der Waals surface area contributed by atoms with E-state index in [9.17, 15) is 9.90 Å². The molecule has 0 saturated heterocycles. The van der Waals surface area contributed by atoms with Crippen LogP contribution < -0.4 is 0 Å². The highest BCUT2D eigenvalue weighted by atomic mass is 32.2. The van der Waals surface area contributed by atoms with Gasteiger partial charge in [-0.05, 0) is 30.0 Å². The first-order valence-corrected chi connectivity index (χ1v) is 7.87. The van der Waals surface area contributed by atoms with Gasteiger partial charge in [0.15, 0.2) is 5.60 Å². The lowest BCUT2D eigenvalue weighted by molar-refractivity contribution is -0.128. The number of pyridine rings is 1. The highest BCUT2D eigenvalue weighted by molar-refractivity contribution is 8.14. The van der Waals surface area contributed by atoms with Crippen molar-refractivity contribution >= 4 is 27.8 Å². The summed E-state index contributed by atoms with van der Waals surface area (Å²) in [6.45, 7) is 0. The number of thioether (sulfide) groups is 1. The number of hydrogen-bond donors (Lipinski definition) is 1. The number of benzene rings is 2. The van der Waals surface area contributed by atoms with Crippen molar-refractivity contribution in [2.75, 3.05) is 0 Å². The minimum absolute atomic E-state index is 0.195. The van der Waals surface area contributed by atoms with Gasteiger partial charge in [0, 0.05) is 28.0 Å². The van der Waals surface area contributed by atoms with Crippen LogP contribution in [0.4, 0.5) is 0 Å². The summed E-state index contributed by atoms with van der Waals surface area (Å²) in [4.78, 5) is 17.7. The van der Waals surface area contributed by atoms with Gasteiger partial charge in [-0.25, -0.2) is 0 Å². The first kappa shape index (κ1) is 13.5. The summed E-state index contributed by atoms with van der Waals surface area (Å²) >= 11 is 1.10. The molecular weight excluding hydrogens is 294 g/mol. The van der Waals surface area contributed by atoms with E-state index in [4.69, 9.17) is 0 Å². The molecule has 1 atom stereocenters. The van der Waals surface area contributed by atoms with Crippen molar-refractivity contribution in [1.82, 2.24) is 4.98 Å². The molecule has 1 aliphatic rings. The highest BCUT2D eigenvalue weighted by Gasteiger charge is 2.45. The second-order valence-corrected chi connectivity index (χ2v) is 6.43. The number of hydrogen-bond acceptors (Lipinski definition) is 4. The molecule has 0 saturated carbocycles. The maximum absolute atomic E-state index is 12.3. The van der Waals surface area contributed by atoms with Crippen LogP contribution in [0.15, 0.2) is 65.6 Å². The molecule has 0 bridgehead atoms. The number of fused-ring (bicyclic) bond motifs is 2. The summed E-state index contributed by atoms with van der Waals surface area (Å²) in [5.41, 5.74) is 0.776. The Kier molecular flexibility index (Phi) is 3.03. The standard InChI is InChI=1S/C18H13NO2S/c20-17-18(21,14-6-2-4-8-16(14)22-17)11-13-10-9-12-5-1-3-7-15(12)19-13/h1-10,21H,11H2/t18-/m1/s1. The Morgan fingerprint density at radius 1 is 1.00 bits per heavy atom. The Morgan fingerprint density at radius 2 is 1.77 bits per heavy atom. The van der Waals surface area contributed by atoms with Gasteiger partial charge < -0.3 is 5.11 Å². The van der Waals surface area contributed by atoms with Gasteiger partial charge in [0.25, 0.3) is 0 Å². The molecule has 0 aliphatic carbocycles. The zero-order valence-electron chi connectivity index (χ0n) is 11.7. The van der Waals surface area contributed by atoms with Crippen LogP contribution in [0.25, 0.3) is 10.9 Å². The van der Waals surface area contributed by atoms with Crippen molar-refractivity contribution < 1.29 is 9.90 Å². The number of aliphatic hydroxyl groups is 1. The van der Waals surface area contributed by atoms with Crippen molar-refractivity contribution in [3.63, 3.8) is 0 Å². The molecule has 0 amide bonds. The van der Waals surface area contributed by atoms with Crippen molar-refractivity contribution in [3.05, 3.63) is 71.9 Å². The average Bonchev–Trinajstić information content (AvgIpc) is 2.79. The Labute approximate surface area is 132 Å². The van der Waals surface area contributed by atoms with Crippen molar-refractivity contribution in [2.24, 2.45) is 0 Å². The first-order chi connectivity index (χ1) is 10.7. The fourth-order valence-electron chi connectivity index (χ4n) is 2.83. The van der Waals surface area contributed by atoms with E-state index in [1.165, 1.54) is 0 Å². The van der Waals surface area contributed by atoms with Gasteiger partial charge in [-0.1, -0.05) is 42.5 Å². The molecule has 1 N–H and O–H groups in total. The highest BCUT2D eigenvalue weighted by Crippen LogP contribution is 2.45. The van der Waals surface area contributed by atoms with Crippen LogP contribution in [0.2, 0.25) is 0 Å². The SMILES string of the molecule is O=C1Sc2ccccc2[C@]1(O)Cc1ccc2ccccc2n1. The molecule has 0 radical (unpaired) electrons. The predicted molar refractivity (Wildman–Crippen MR) is 86.6 cm³/mol. The molecule has 108 valence electrons. The van der Waals surface area contributed by atoms with Crippen LogP contribution in [0, 0.1) is 0 Å². The van der Waals surface area contributed by atoms with Gasteiger partial charge in [-0.3, -0.25) is 9.78 Å². The largest absolute Gasteiger partial charge is 0.376 e. The smallest absolute Gasteiger partial charge is 0.230 e. The van der Waals surface area contributed by atoms with Gasteiger partial charge in [0.1, 0.15) is 0 Å². The fourth-order valence-corrected chi connectivity index (χ4v) is 3.87. The van der Waals surface area contributed by atoms with E-state index >= 15 is 0 Å². The van der Waals surface area contributed by atoms with E-state index < -0.39 is 5.60 Å². The van der Waals surface area contributed by atoms with Gasteiger partial charge >= 0.3 is 0 Å². The van der Waals surface area contributed by atoms with Crippen LogP contribution >= 0.6 is 11.8 Å². The molecule has 2 aromatic carbocycles. The van der Waals surface area contributed by atoms with Gasteiger partial charge in [-0.2, -0.15) is 0 Å². The molecule has 4 heteroatoms. The van der Waals surface area contributed by atoms with Crippen molar-refractivity contribution in [1.29, 1.82) is 0 Å². The van der Waals surface area contributed by atoms with Crippen LogP contribution in [-0.2, 0) is 16.8 Å². The van der Waals surface area contributed by atoms with Crippen LogP contribution in [0.1, 0.15) is 11.3 Å². The van der Waals surface area contributed by atoms with E-state index in [-0.39, 0.29) is 11.5 Å². The molecule has 0 unspecified atom stereocenters. The molecular formula is C18H13NO2S. The minimum Gasteiger partial charge on any atom is -0.376 e. The average molecular weight is 307 g/mol. The van der Waals surface area contributed by atoms with E-state index in [0.29, 0.717) is 11.3 Å². The molecule has 22 heavy (non-hydrogen) atoms. The number of aromatic nitrogens is 1. The molecule has 0 fully saturated rings. The first-order valence-electron chi connectivity index (χ1n) is 7.06. The number of carbonyl (C=O) groups excluding carboxylic acids is 1. The van der Waals surface area contributed by atoms with Gasteiger partial charge in [0.2, 0.25) is 5.12 Å². The Hall–Kier alpha value is -2.17. The summed E-state index contributed by atoms with van der Waals surface area (Å²) in [7, 11) is 0. The number of carbonyl (C=O) groups is 1. The minimum atomic E-state index is -1.49. The Bertz CT molecular complexity index is 893. The topological polar surface area (TPSA) is 50.2 Å². The van der Waals surface area contributed by atoms with E-state index in [0.717, 1.165) is 27.6 Å². The molecule has 4 rings (SSSR count). The summed E-state index contributed by atoms with van der Waals surface area (Å²) in [5, 5.41) is 11.7. The van der Waals surface area contributed by atoms with Crippen LogP contribution in [-0.4, -0.2) is 15.2 Å². The summed E-state index contributed by atoms with van der Waals surface area (Å²) in [6.07, 6.45) is 0.195. The zero-order chi connectivity index (χ0) is 15.2. The molecule has 1 aliphatic heterocycles. The van der Waals surface area contributed by atoms with Gasteiger partial charge in [0.05, 0.1) is 5.52 Å². The summed E-state index contributed by atoms with van der Waals surface area (Å²) < 4.78 is 0. The van der Waals surface area contributed by atoms with E-state index in [2.05, 4.69) is 4.98 Å². The summed E-state index contributed by atoms with van der Waals surface area (Å²) in [5.74, 6) is 0. The van der Waals surface area contributed by atoms with Crippen molar-refractivity contribution in [3.8, 4) is 0 Å². The predicted octanol–water partition coefficient (Wildman–Crippen LogP) is 3.30. The quantitative estimate of drug-likeness (QED) is 0.789. The Morgan fingerprint density at radius 3 is 2.68 bits per heavy atom. The van der Waals surface area contributed by atoms with Crippen molar-refractivity contribution in [2.45, 2.75) is 16.9 Å². The lowest BCUT2D eigenvalue weighted by Crippen LogP contribution is -2.33. The Balaban J connectivity index is 1.76. The maximum Gasteiger partial charge on any atom is 0.230 e. The second kappa shape index (κ2) is 4.93. The summed E-state index contributed by atoms with van der Waals surface area (Å²) in [6, 6.07) is 19.1. The number of para-hydroxylation sites is 1. The number of nitrogens with zero attached hydrogens (tertiary/aromatic N) is 1. The molecule has 1 aromatic heterocycles. The number of rotatable bonds is 2. The third kappa shape index (κ3) is 2.03. The lowest BCUT2D eigenvalue weighted by atomic mass is 9.90. The van der Waals surface area contributed by atoms with Crippen LogP contribution in [0.5, 0.6) is 0 Å². The monoisotopic (exact) mass is 307 g/mol. The third-order valence-electron chi connectivity index (χ3n) is 3.97. The van der Waals surface area contributed by atoms with E-state index in [1.54, 1.807) is 0 Å². The molecule has 2 heterocycles. The fraction of sp³-hybridized carbons (Fsp3) is 0.111. The normalized spacial score (nSPS) is 20.3. The third-order valence-corrected chi connectivity index (χ3v) is 5.07. The zero-order valence-corrected chi connectivity index (χ0v) is 12.5. The van der Waals surface area contributed by atoms with Gasteiger partial charge in [-0.15, -0.1) is 0 Å². The molecule has 0 spiro atoms. The van der Waals surface area contributed by atoms with Crippen LogP contribution in [0.3, 0.4) is 0 Å². The molecule has 3 aromatic rings. The van der Waals surface area contributed by atoms with E-state index in [1.807, 2.05) is 60.7 Å². The lowest BCUT2D eigenvalue weighted by Gasteiger charge is -2.21. The maximum atomic E-state index is 12.3. The second-order valence-electron chi connectivity index (χ2n) is 5.42. The molecule has 3 nitrogen and oxygen atoms in total.